The van der Waals surface area contributed by atoms with Crippen LogP contribution >= 0.6 is 0 Å². The van der Waals surface area contributed by atoms with E-state index >= 15 is 0 Å². The number of fused-ring (bicyclic) bond motifs is 14. The highest BCUT2D eigenvalue weighted by Gasteiger charge is 2.51. The second kappa shape index (κ2) is 14.7. The zero-order valence-corrected chi connectivity index (χ0v) is 36.5. The van der Waals surface area contributed by atoms with E-state index < -0.39 is 5.41 Å². The summed E-state index contributed by atoms with van der Waals surface area (Å²) < 4.78 is 7.38. The van der Waals surface area contributed by atoms with E-state index in [4.69, 9.17) is 4.42 Å². The summed E-state index contributed by atoms with van der Waals surface area (Å²) in [6, 6.07) is 91.1. The second-order valence-electron chi connectivity index (χ2n) is 17.9. The third-order valence-electron chi connectivity index (χ3n) is 14.5. The fourth-order valence-corrected chi connectivity index (χ4v) is 11.6. The van der Waals surface area contributed by atoms with Gasteiger partial charge in [0.25, 0.3) is 0 Å². The lowest BCUT2D eigenvalue weighted by atomic mass is 9.70. The molecule has 14 rings (SSSR count). The third-order valence-corrected chi connectivity index (χ3v) is 14.5. The van der Waals surface area contributed by atoms with Gasteiger partial charge in [0.2, 0.25) is 0 Å². The van der Waals surface area contributed by atoms with Gasteiger partial charge in [0.05, 0.1) is 11.1 Å². The number of hydrogen-bond acceptors (Lipinski definition) is 2. The standard InChI is InChI=1S/C65H41NO/c1-3-17-44(18-4-1)50-38-39-51(45-19-5-2-6-20-45)64-62(50)56-25-15-29-61(63(56)67-64)66(48-34-32-43(33-35-48)47-31-30-42-16-7-8-21-46(42)40-47)49-36-37-55-54-24-11-14-28-59(54)65(60(55)41-49)57-26-12-9-22-52(57)53-23-10-13-27-58(53)65/h1-41H. The Morgan fingerprint density at radius 3 is 1.49 bits per heavy atom. The average Bonchev–Trinajstić information content (AvgIpc) is 4.04. The van der Waals surface area contributed by atoms with Crippen molar-refractivity contribution in [1.82, 2.24) is 0 Å². The van der Waals surface area contributed by atoms with Gasteiger partial charge < -0.3 is 9.32 Å². The fourth-order valence-electron chi connectivity index (χ4n) is 11.6. The zero-order chi connectivity index (χ0) is 44.1. The van der Waals surface area contributed by atoms with E-state index in [2.05, 4.69) is 254 Å². The van der Waals surface area contributed by atoms with Crippen molar-refractivity contribution in [2.24, 2.45) is 0 Å². The molecule has 0 radical (unpaired) electrons. The van der Waals surface area contributed by atoms with E-state index in [0.29, 0.717) is 0 Å². The van der Waals surface area contributed by atoms with Gasteiger partial charge in [0.1, 0.15) is 5.58 Å². The van der Waals surface area contributed by atoms with Gasteiger partial charge in [0, 0.05) is 27.7 Å². The number of hydrogen-bond donors (Lipinski definition) is 0. The molecule has 0 saturated carbocycles. The van der Waals surface area contributed by atoms with Crippen molar-refractivity contribution in [3.63, 3.8) is 0 Å². The van der Waals surface area contributed by atoms with Crippen molar-refractivity contribution >= 4 is 49.8 Å². The van der Waals surface area contributed by atoms with Crippen LogP contribution < -0.4 is 4.90 Å². The Bertz CT molecular complexity index is 3860. The predicted octanol–water partition coefficient (Wildman–Crippen LogP) is 17.6. The molecular formula is C65H41NO. The summed E-state index contributed by atoms with van der Waals surface area (Å²) in [6.07, 6.45) is 0. The molecule has 1 aromatic heterocycles. The molecule has 2 aliphatic carbocycles. The second-order valence-corrected chi connectivity index (χ2v) is 17.9. The molecule has 0 atom stereocenters. The lowest BCUT2D eigenvalue weighted by Gasteiger charge is -2.32. The Balaban J connectivity index is 1.03. The average molecular weight is 852 g/mol. The van der Waals surface area contributed by atoms with Crippen LogP contribution in [0.5, 0.6) is 0 Å². The van der Waals surface area contributed by atoms with E-state index in [9.17, 15) is 0 Å². The van der Waals surface area contributed by atoms with Crippen LogP contribution in [0.3, 0.4) is 0 Å². The lowest BCUT2D eigenvalue weighted by molar-refractivity contribution is 0.670. The van der Waals surface area contributed by atoms with Gasteiger partial charge in [0.15, 0.2) is 5.58 Å². The number of nitrogens with zero attached hydrogens (tertiary/aromatic N) is 1. The molecule has 1 heterocycles. The van der Waals surface area contributed by atoms with E-state index in [1.807, 2.05) is 0 Å². The van der Waals surface area contributed by atoms with Crippen molar-refractivity contribution in [1.29, 1.82) is 0 Å². The quantitative estimate of drug-likeness (QED) is 0.166. The first-order valence-electron chi connectivity index (χ1n) is 23.2. The Morgan fingerprint density at radius 1 is 0.299 bits per heavy atom. The van der Waals surface area contributed by atoms with Crippen molar-refractivity contribution < 1.29 is 4.42 Å². The fraction of sp³-hybridized carbons (Fsp3) is 0.0154. The van der Waals surface area contributed by atoms with Crippen molar-refractivity contribution in [3.8, 4) is 55.6 Å². The topological polar surface area (TPSA) is 16.4 Å². The lowest BCUT2D eigenvalue weighted by Crippen LogP contribution is -2.26. The molecule has 12 aromatic rings. The number of benzene rings is 11. The Kier molecular flexibility index (Phi) is 8.23. The molecule has 0 bridgehead atoms. The summed E-state index contributed by atoms with van der Waals surface area (Å²) in [5.74, 6) is 0. The van der Waals surface area contributed by atoms with Gasteiger partial charge in [-0.2, -0.15) is 0 Å². The molecule has 67 heavy (non-hydrogen) atoms. The van der Waals surface area contributed by atoms with Crippen molar-refractivity contribution in [2.45, 2.75) is 5.41 Å². The number of furan rings is 1. The number of anilines is 3. The van der Waals surface area contributed by atoms with Crippen LogP contribution in [0.1, 0.15) is 22.3 Å². The van der Waals surface area contributed by atoms with E-state index in [-0.39, 0.29) is 0 Å². The van der Waals surface area contributed by atoms with E-state index in [1.165, 1.54) is 66.4 Å². The monoisotopic (exact) mass is 851 g/mol. The Labute approximate surface area is 389 Å². The molecule has 2 aliphatic rings. The summed E-state index contributed by atoms with van der Waals surface area (Å²) in [7, 11) is 0. The van der Waals surface area contributed by atoms with Crippen LogP contribution in [0.15, 0.2) is 253 Å². The highest BCUT2D eigenvalue weighted by Crippen LogP contribution is 2.63. The molecular weight excluding hydrogens is 811 g/mol. The van der Waals surface area contributed by atoms with Gasteiger partial charge in [-0.3, -0.25) is 0 Å². The first kappa shape index (κ1) is 37.6. The van der Waals surface area contributed by atoms with Gasteiger partial charge in [-0.15, -0.1) is 0 Å². The molecule has 1 spiro atoms. The SMILES string of the molecule is c1ccc(-c2ccc(-c3ccccc3)c3c2oc2c(N(c4ccc(-c5ccc6ccccc6c5)cc4)c4ccc5c(c4)C4(c6ccccc6-c6ccccc64)c4ccccc4-5)cccc23)cc1. The van der Waals surface area contributed by atoms with Gasteiger partial charge in [-0.25, -0.2) is 0 Å². The molecule has 11 aromatic carbocycles. The normalized spacial score (nSPS) is 12.9. The van der Waals surface area contributed by atoms with Crippen LogP contribution in [0, 0.1) is 0 Å². The van der Waals surface area contributed by atoms with Crippen LogP contribution in [-0.4, -0.2) is 0 Å². The molecule has 0 saturated heterocycles. The maximum absolute atomic E-state index is 7.38. The first-order valence-corrected chi connectivity index (χ1v) is 23.2. The minimum atomic E-state index is -0.485. The largest absolute Gasteiger partial charge is 0.453 e. The summed E-state index contributed by atoms with van der Waals surface area (Å²) in [4.78, 5) is 2.42. The maximum atomic E-state index is 7.38. The minimum Gasteiger partial charge on any atom is -0.453 e. The van der Waals surface area contributed by atoms with Crippen LogP contribution in [0.2, 0.25) is 0 Å². The van der Waals surface area contributed by atoms with Gasteiger partial charge >= 0.3 is 0 Å². The number of rotatable bonds is 6. The molecule has 0 fully saturated rings. The first-order chi connectivity index (χ1) is 33.2. The third kappa shape index (κ3) is 5.51. The Hall–Kier alpha value is -8.72. The van der Waals surface area contributed by atoms with Gasteiger partial charge in [-0.05, 0) is 126 Å². The molecule has 312 valence electrons. The van der Waals surface area contributed by atoms with Crippen LogP contribution in [0.25, 0.3) is 88.3 Å². The van der Waals surface area contributed by atoms with Crippen molar-refractivity contribution in [2.75, 3.05) is 4.90 Å². The van der Waals surface area contributed by atoms with E-state index in [1.54, 1.807) is 0 Å². The summed E-state index contributed by atoms with van der Waals surface area (Å²) in [5.41, 5.74) is 21.6. The molecule has 0 aliphatic heterocycles. The van der Waals surface area contributed by atoms with E-state index in [0.717, 1.165) is 61.3 Å². The van der Waals surface area contributed by atoms with Crippen LogP contribution in [-0.2, 0) is 5.41 Å². The Morgan fingerprint density at radius 2 is 0.821 bits per heavy atom. The maximum Gasteiger partial charge on any atom is 0.159 e. The summed E-state index contributed by atoms with van der Waals surface area (Å²) >= 11 is 0. The van der Waals surface area contributed by atoms with Gasteiger partial charge in [-0.1, -0.05) is 206 Å². The highest BCUT2D eigenvalue weighted by molar-refractivity contribution is 6.19. The summed E-state index contributed by atoms with van der Waals surface area (Å²) in [5, 5.41) is 4.65. The predicted molar refractivity (Wildman–Crippen MR) is 279 cm³/mol. The summed E-state index contributed by atoms with van der Waals surface area (Å²) in [6.45, 7) is 0. The molecule has 0 unspecified atom stereocenters. The highest BCUT2D eigenvalue weighted by atomic mass is 16.3. The van der Waals surface area contributed by atoms with Crippen molar-refractivity contribution in [3.05, 3.63) is 271 Å². The molecule has 2 nitrogen and oxygen atoms in total. The van der Waals surface area contributed by atoms with Crippen LogP contribution in [0.4, 0.5) is 17.1 Å². The smallest absolute Gasteiger partial charge is 0.159 e. The molecule has 0 N–H and O–H groups in total. The minimum absolute atomic E-state index is 0.485. The zero-order valence-electron chi connectivity index (χ0n) is 36.5. The molecule has 2 heteroatoms. The number of para-hydroxylation sites is 1. The molecule has 0 amide bonds.